The minimum absolute atomic E-state index is 0.0699. The van der Waals surface area contributed by atoms with Crippen LogP contribution >= 0.6 is 0 Å². The highest BCUT2D eigenvalue weighted by atomic mass is 16.5. The number of carbonyl (C=O) groups excluding carboxylic acids is 1. The first-order valence-electron chi connectivity index (χ1n) is 4.76. The molecule has 0 spiro atoms. The number of carbonyl (C=O) groups is 2. The summed E-state index contributed by atoms with van der Waals surface area (Å²) in [7, 11) is 0. The Balaban J connectivity index is 2.75. The summed E-state index contributed by atoms with van der Waals surface area (Å²) in [5, 5.41) is 8.74. The number of hydrogen-bond donors (Lipinski definition) is 1. The van der Waals surface area contributed by atoms with E-state index in [1.165, 1.54) is 24.3 Å². The van der Waals surface area contributed by atoms with Crippen molar-refractivity contribution < 1.29 is 19.4 Å². The fraction of sp³-hybridized carbons (Fsp3) is 0.167. The Morgan fingerprint density at radius 2 is 2.06 bits per heavy atom. The summed E-state index contributed by atoms with van der Waals surface area (Å²) in [6.45, 7) is 2.01. The Morgan fingerprint density at radius 3 is 2.69 bits per heavy atom. The van der Waals surface area contributed by atoms with E-state index in [1.807, 2.05) is 6.92 Å². The van der Waals surface area contributed by atoms with Gasteiger partial charge >= 0.3 is 11.9 Å². The Hall–Kier alpha value is -2.10. The van der Waals surface area contributed by atoms with E-state index in [1.54, 1.807) is 12.2 Å². The quantitative estimate of drug-likeness (QED) is 0.623. The molecular weight excluding hydrogens is 208 g/mol. The zero-order valence-electron chi connectivity index (χ0n) is 8.84. The number of esters is 1. The van der Waals surface area contributed by atoms with E-state index in [0.29, 0.717) is 0 Å². The molecule has 16 heavy (non-hydrogen) atoms. The molecule has 84 valence electrons. The molecule has 0 saturated carbocycles. The lowest BCUT2D eigenvalue weighted by molar-refractivity contribution is 0.0549. The lowest BCUT2D eigenvalue weighted by Crippen LogP contribution is -2.06. The van der Waals surface area contributed by atoms with Gasteiger partial charge in [-0.05, 0) is 25.1 Å². The molecule has 4 heteroatoms. The average Bonchev–Trinajstić information content (AvgIpc) is 2.29. The topological polar surface area (TPSA) is 63.6 Å². The zero-order chi connectivity index (χ0) is 12.0. The standard InChI is InChI=1S/C12H12O4/c1-2-3-7-16-12(15)10-6-4-5-9(8-10)11(13)14/h2-6,8H,7H2,1H3,(H,13,14). The highest BCUT2D eigenvalue weighted by Gasteiger charge is 2.09. The van der Waals surface area contributed by atoms with Gasteiger partial charge < -0.3 is 9.84 Å². The van der Waals surface area contributed by atoms with Crippen molar-refractivity contribution in [2.45, 2.75) is 6.92 Å². The molecule has 0 amide bonds. The second kappa shape index (κ2) is 5.70. The Labute approximate surface area is 93.2 Å². The first-order valence-corrected chi connectivity index (χ1v) is 4.76. The van der Waals surface area contributed by atoms with E-state index in [4.69, 9.17) is 9.84 Å². The third kappa shape index (κ3) is 3.24. The maximum absolute atomic E-state index is 11.4. The van der Waals surface area contributed by atoms with Gasteiger partial charge in [0.15, 0.2) is 0 Å². The van der Waals surface area contributed by atoms with Gasteiger partial charge in [0.05, 0.1) is 11.1 Å². The van der Waals surface area contributed by atoms with Crippen LogP contribution in [0.5, 0.6) is 0 Å². The maximum atomic E-state index is 11.4. The average molecular weight is 220 g/mol. The Bertz CT molecular complexity index is 421. The van der Waals surface area contributed by atoms with Crippen LogP contribution in [0.4, 0.5) is 0 Å². The predicted molar refractivity (Wildman–Crippen MR) is 58.5 cm³/mol. The summed E-state index contributed by atoms with van der Waals surface area (Å²) in [5.41, 5.74) is 0.310. The van der Waals surface area contributed by atoms with E-state index < -0.39 is 11.9 Å². The lowest BCUT2D eigenvalue weighted by Gasteiger charge is -2.02. The van der Waals surface area contributed by atoms with Crippen molar-refractivity contribution in [1.29, 1.82) is 0 Å². The largest absolute Gasteiger partial charge is 0.478 e. The van der Waals surface area contributed by atoms with Crippen LogP contribution in [-0.2, 0) is 4.74 Å². The Kier molecular flexibility index (Phi) is 4.27. The highest BCUT2D eigenvalue weighted by Crippen LogP contribution is 2.06. The summed E-state index contributed by atoms with van der Waals surface area (Å²) in [6.07, 6.45) is 3.46. The van der Waals surface area contributed by atoms with Crippen molar-refractivity contribution >= 4 is 11.9 Å². The molecule has 1 aromatic carbocycles. The van der Waals surface area contributed by atoms with Gasteiger partial charge in [0, 0.05) is 0 Å². The monoisotopic (exact) mass is 220 g/mol. The molecule has 0 saturated heterocycles. The third-order valence-electron chi connectivity index (χ3n) is 1.89. The highest BCUT2D eigenvalue weighted by molar-refractivity contribution is 5.94. The minimum Gasteiger partial charge on any atom is -0.478 e. The fourth-order valence-electron chi connectivity index (χ4n) is 1.08. The van der Waals surface area contributed by atoms with Crippen LogP contribution in [0.15, 0.2) is 36.4 Å². The molecule has 0 aromatic heterocycles. The van der Waals surface area contributed by atoms with Crippen LogP contribution in [0.2, 0.25) is 0 Å². The van der Waals surface area contributed by atoms with Gasteiger partial charge in [-0.1, -0.05) is 18.2 Å². The summed E-state index contributed by atoms with van der Waals surface area (Å²) in [4.78, 5) is 22.1. The van der Waals surface area contributed by atoms with Crippen molar-refractivity contribution in [3.05, 3.63) is 47.5 Å². The second-order valence-corrected chi connectivity index (χ2v) is 3.05. The molecule has 0 atom stereocenters. The van der Waals surface area contributed by atoms with Crippen LogP contribution in [0.1, 0.15) is 27.6 Å². The molecule has 0 aliphatic heterocycles. The van der Waals surface area contributed by atoms with Gasteiger partial charge in [-0.15, -0.1) is 0 Å². The van der Waals surface area contributed by atoms with Crippen molar-refractivity contribution in [3.63, 3.8) is 0 Å². The van der Waals surface area contributed by atoms with Crippen LogP contribution in [0.3, 0.4) is 0 Å². The van der Waals surface area contributed by atoms with Gasteiger partial charge in [-0.2, -0.15) is 0 Å². The molecule has 0 aliphatic carbocycles. The number of carboxylic acids is 1. The van der Waals surface area contributed by atoms with Gasteiger partial charge in [0.25, 0.3) is 0 Å². The van der Waals surface area contributed by atoms with Crippen LogP contribution in [-0.4, -0.2) is 23.7 Å². The van der Waals surface area contributed by atoms with Crippen molar-refractivity contribution in [2.75, 3.05) is 6.61 Å². The van der Waals surface area contributed by atoms with E-state index in [9.17, 15) is 9.59 Å². The number of rotatable bonds is 4. The zero-order valence-corrected chi connectivity index (χ0v) is 8.84. The number of ether oxygens (including phenoxy) is 1. The molecule has 0 unspecified atom stereocenters. The van der Waals surface area contributed by atoms with Crippen LogP contribution in [0.25, 0.3) is 0 Å². The molecular formula is C12H12O4. The van der Waals surface area contributed by atoms with Gasteiger partial charge in [0.1, 0.15) is 6.61 Å². The molecule has 0 fully saturated rings. The number of carboxylic acid groups (broad SMARTS) is 1. The molecule has 4 nitrogen and oxygen atoms in total. The first-order chi connectivity index (χ1) is 7.65. The van der Waals surface area contributed by atoms with Gasteiger partial charge in [-0.3, -0.25) is 0 Å². The molecule has 0 heterocycles. The molecule has 1 aromatic rings. The molecule has 1 N–H and O–H groups in total. The summed E-state index contributed by atoms with van der Waals surface area (Å²) < 4.78 is 4.88. The van der Waals surface area contributed by atoms with Crippen molar-refractivity contribution in [2.24, 2.45) is 0 Å². The molecule has 0 bridgehead atoms. The lowest BCUT2D eigenvalue weighted by atomic mass is 10.1. The van der Waals surface area contributed by atoms with E-state index in [-0.39, 0.29) is 17.7 Å². The SMILES string of the molecule is CC=CCOC(=O)c1cccc(C(=O)O)c1. The maximum Gasteiger partial charge on any atom is 0.338 e. The Morgan fingerprint density at radius 1 is 1.38 bits per heavy atom. The smallest absolute Gasteiger partial charge is 0.338 e. The summed E-state index contributed by atoms with van der Waals surface area (Å²) in [5.74, 6) is -1.59. The summed E-state index contributed by atoms with van der Waals surface area (Å²) >= 11 is 0. The van der Waals surface area contributed by atoms with Gasteiger partial charge in [-0.25, -0.2) is 9.59 Å². The van der Waals surface area contributed by atoms with Crippen LogP contribution in [0, 0.1) is 0 Å². The van der Waals surface area contributed by atoms with E-state index in [2.05, 4.69) is 0 Å². The van der Waals surface area contributed by atoms with Crippen molar-refractivity contribution in [1.82, 2.24) is 0 Å². The van der Waals surface area contributed by atoms with Crippen molar-refractivity contribution in [3.8, 4) is 0 Å². The minimum atomic E-state index is -1.07. The third-order valence-corrected chi connectivity index (χ3v) is 1.89. The number of aromatic carboxylic acids is 1. The predicted octanol–water partition coefficient (Wildman–Crippen LogP) is 2.12. The second-order valence-electron chi connectivity index (χ2n) is 3.05. The first kappa shape index (κ1) is 12.0. The number of hydrogen-bond acceptors (Lipinski definition) is 3. The van der Waals surface area contributed by atoms with E-state index in [0.717, 1.165) is 0 Å². The normalized spacial score (nSPS) is 10.3. The molecule has 0 aliphatic rings. The van der Waals surface area contributed by atoms with Gasteiger partial charge in [0.2, 0.25) is 0 Å². The number of allylic oxidation sites excluding steroid dienone is 1. The molecule has 0 radical (unpaired) electrons. The number of benzene rings is 1. The van der Waals surface area contributed by atoms with E-state index >= 15 is 0 Å². The van der Waals surface area contributed by atoms with Crippen LogP contribution < -0.4 is 0 Å². The summed E-state index contributed by atoms with van der Waals surface area (Å²) in [6, 6.07) is 5.74. The molecule has 1 rings (SSSR count). The fourth-order valence-corrected chi connectivity index (χ4v) is 1.08.